The van der Waals surface area contributed by atoms with Crippen LogP contribution in [0.3, 0.4) is 0 Å². The van der Waals surface area contributed by atoms with Crippen LogP contribution in [0.1, 0.15) is 10.4 Å². The first-order valence-electron chi connectivity index (χ1n) is 6.10. The second-order valence-corrected chi connectivity index (χ2v) is 4.60. The number of rotatable bonds is 2. The van der Waals surface area contributed by atoms with E-state index in [0.717, 1.165) is 0 Å². The van der Waals surface area contributed by atoms with Crippen molar-refractivity contribution >= 4 is 33.6 Å². The highest BCUT2D eigenvalue weighted by Gasteiger charge is 2.20. The zero-order valence-electron chi connectivity index (χ0n) is 10.6. The molecular formula is C16H9FO4. The van der Waals surface area contributed by atoms with Gasteiger partial charge in [-0.25, -0.2) is 4.39 Å². The fourth-order valence-corrected chi connectivity index (χ4v) is 2.50. The number of carbonyl (C=O) groups is 2. The molecule has 0 atom stereocenters. The Labute approximate surface area is 118 Å². The normalized spacial score (nSPS) is 10.9. The largest absolute Gasteiger partial charge is 0.507 e. The molecule has 21 heavy (non-hydrogen) atoms. The molecule has 0 radical (unpaired) electrons. The molecule has 3 rings (SSSR count). The maximum Gasteiger partial charge on any atom is 0.226 e. The summed E-state index contributed by atoms with van der Waals surface area (Å²) in [7, 11) is 0. The summed E-state index contributed by atoms with van der Waals surface area (Å²) in [6.45, 7) is 0. The van der Waals surface area contributed by atoms with E-state index in [2.05, 4.69) is 0 Å². The lowest BCUT2D eigenvalue weighted by Gasteiger charge is -2.11. The molecular weight excluding hydrogens is 275 g/mol. The van der Waals surface area contributed by atoms with Gasteiger partial charge < -0.3 is 10.2 Å². The molecule has 0 unspecified atom stereocenters. The van der Waals surface area contributed by atoms with Crippen molar-refractivity contribution in [2.45, 2.75) is 0 Å². The smallest absolute Gasteiger partial charge is 0.226 e. The Balaban J connectivity index is 2.68. The van der Waals surface area contributed by atoms with Gasteiger partial charge in [0.05, 0.1) is 0 Å². The first kappa shape index (κ1) is 13.1. The number of carbonyl (C=O) groups excluding carboxylic acids is 2. The monoisotopic (exact) mass is 284 g/mol. The van der Waals surface area contributed by atoms with Crippen molar-refractivity contribution in [3.63, 3.8) is 0 Å². The molecule has 4 nitrogen and oxygen atoms in total. The van der Waals surface area contributed by atoms with E-state index in [-0.39, 0.29) is 44.9 Å². The van der Waals surface area contributed by atoms with Gasteiger partial charge in [0, 0.05) is 21.7 Å². The highest BCUT2D eigenvalue weighted by atomic mass is 19.1. The van der Waals surface area contributed by atoms with Gasteiger partial charge in [-0.15, -0.1) is 0 Å². The van der Waals surface area contributed by atoms with Crippen LogP contribution in [-0.2, 0) is 4.79 Å². The number of hydrogen-bond donors (Lipinski definition) is 2. The van der Waals surface area contributed by atoms with Gasteiger partial charge in [-0.2, -0.15) is 0 Å². The number of aromatic hydroxyl groups is 2. The molecule has 0 bridgehead atoms. The molecule has 0 fully saturated rings. The van der Waals surface area contributed by atoms with Crippen molar-refractivity contribution in [2.24, 2.45) is 0 Å². The van der Waals surface area contributed by atoms with Crippen LogP contribution in [0.2, 0.25) is 0 Å². The number of fused-ring (bicyclic) bond motifs is 2. The quantitative estimate of drug-likeness (QED) is 0.249. The molecule has 0 aromatic heterocycles. The molecule has 0 aliphatic rings. The summed E-state index contributed by atoms with van der Waals surface area (Å²) < 4.78 is 13.9. The van der Waals surface area contributed by atoms with Crippen LogP contribution in [-0.4, -0.2) is 22.3 Å². The average molecular weight is 284 g/mol. The molecule has 0 heterocycles. The van der Waals surface area contributed by atoms with Gasteiger partial charge in [0.15, 0.2) is 6.29 Å². The molecule has 5 heteroatoms. The molecule has 0 aliphatic heterocycles. The second kappa shape index (κ2) is 4.56. The molecule has 0 spiro atoms. The topological polar surface area (TPSA) is 74.6 Å². The summed E-state index contributed by atoms with van der Waals surface area (Å²) in [5.74, 6) is -1.96. The van der Waals surface area contributed by atoms with Gasteiger partial charge in [-0.1, -0.05) is 12.1 Å². The van der Waals surface area contributed by atoms with Crippen LogP contribution in [0.25, 0.3) is 21.5 Å². The van der Waals surface area contributed by atoms with Crippen LogP contribution >= 0.6 is 0 Å². The molecule has 0 saturated heterocycles. The van der Waals surface area contributed by atoms with Crippen LogP contribution in [0.15, 0.2) is 36.4 Å². The minimum atomic E-state index is -0.892. The number of aldehydes is 1. The highest BCUT2D eigenvalue weighted by Crippen LogP contribution is 2.39. The first-order valence-corrected chi connectivity index (χ1v) is 6.10. The van der Waals surface area contributed by atoms with Crippen LogP contribution in [0.4, 0.5) is 4.39 Å². The predicted molar refractivity (Wildman–Crippen MR) is 75.1 cm³/mol. The van der Waals surface area contributed by atoms with E-state index in [1.54, 1.807) is 0 Å². The maximum atomic E-state index is 13.9. The van der Waals surface area contributed by atoms with Crippen LogP contribution in [0, 0.1) is 5.82 Å². The van der Waals surface area contributed by atoms with Gasteiger partial charge in [0.1, 0.15) is 17.3 Å². The van der Waals surface area contributed by atoms with E-state index < -0.39 is 11.6 Å². The summed E-state index contributed by atoms with van der Waals surface area (Å²) in [5.41, 5.74) is -0.120. The Morgan fingerprint density at radius 1 is 1.00 bits per heavy atom. The molecule has 3 aromatic carbocycles. The summed E-state index contributed by atoms with van der Waals surface area (Å²) in [6.07, 6.45) is 0.0998. The number of ketones is 1. The zero-order valence-corrected chi connectivity index (χ0v) is 10.6. The maximum absolute atomic E-state index is 13.9. The Kier molecular flexibility index (Phi) is 2.83. The van der Waals surface area contributed by atoms with Crippen molar-refractivity contribution in [1.29, 1.82) is 0 Å². The van der Waals surface area contributed by atoms with E-state index in [1.807, 2.05) is 0 Å². The van der Waals surface area contributed by atoms with Crippen LogP contribution in [0.5, 0.6) is 11.5 Å². The third-order valence-corrected chi connectivity index (χ3v) is 3.41. The molecule has 2 N–H and O–H groups in total. The van der Waals surface area contributed by atoms with Crippen molar-refractivity contribution in [2.75, 3.05) is 0 Å². The minimum Gasteiger partial charge on any atom is -0.507 e. The van der Waals surface area contributed by atoms with Crippen molar-refractivity contribution in [3.8, 4) is 11.5 Å². The molecule has 0 amide bonds. The summed E-state index contributed by atoms with van der Waals surface area (Å²) in [5, 5.41) is 20.3. The summed E-state index contributed by atoms with van der Waals surface area (Å²) >= 11 is 0. The lowest BCUT2D eigenvalue weighted by atomic mass is 9.93. The van der Waals surface area contributed by atoms with Crippen LogP contribution < -0.4 is 0 Å². The van der Waals surface area contributed by atoms with Gasteiger partial charge in [0.25, 0.3) is 0 Å². The van der Waals surface area contributed by atoms with Crippen molar-refractivity contribution < 1.29 is 24.2 Å². The molecule has 3 aromatic rings. The van der Waals surface area contributed by atoms with E-state index >= 15 is 0 Å². The fraction of sp³-hybridized carbons (Fsp3) is 0. The lowest BCUT2D eigenvalue weighted by molar-refractivity contribution is -0.104. The Morgan fingerprint density at radius 2 is 1.71 bits per heavy atom. The number of Topliss-reactive ketones (excluding diaryl/α,β-unsaturated/α-hetero) is 1. The standard InChI is InChI=1S/C16H9FO4/c17-11-3-1-2-8-9(11)6-10-12(19)4-5-13(20)16(10)15(8)14(21)7-18/h1-7,19-20H. The summed E-state index contributed by atoms with van der Waals surface area (Å²) in [4.78, 5) is 22.8. The van der Waals surface area contributed by atoms with Gasteiger partial charge in [-0.3, -0.25) is 9.59 Å². The number of benzene rings is 3. The van der Waals surface area contributed by atoms with Gasteiger partial charge >= 0.3 is 0 Å². The molecule has 104 valence electrons. The zero-order chi connectivity index (χ0) is 15.1. The number of phenols is 2. The lowest BCUT2D eigenvalue weighted by Crippen LogP contribution is -2.03. The predicted octanol–water partition coefficient (Wildman–Crippen LogP) is 2.92. The van der Waals surface area contributed by atoms with Crippen molar-refractivity contribution in [3.05, 3.63) is 47.8 Å². The SMILES string of the molecule is O=CC(=O)c1c2cccc(F)c2cc2c(O)ccc(O)c12. The third kappa shape index (κ3) is 1.82. The highest BCUT2D eigenvalue weighted by molar-refractivity contribution is 6.40. The third-order valence-electron chi connectivity index (χ3n) is 3.41. The van der Waals surface area contributed by atoms with Crippen molar-refractivity contribution in [1.82, 2.24) is 0 Å². The first-order chi connectivity index (χ1) is 10.0. The van der Waals surface area contributed by atoms with E-state index in [1.165, 1.54) is 36.4 Å². The number of phenolic OH excluding ortho intramolecular Hbond substituents is 2. The second-order valence-electron chi connectivity index (χ2n) is 4.60. The Hall–Kier alpha value is -2.95. The molecule has 0 aliphatic carbocycles. The van der Waals surface area contributed by atoms with Gasteiger partial charge in [0.2, 0.25) is 5.78 Å². The number of hydrogen-bond acceptors (Lipinski definition) is 4. The fourth-order valence-electron chi connectivity index (χ4n) is 2.50. The average Bonchev–Trinajstić information content (AvgIpc) is 2.49. The van der Waals surface area contributed by atoms with E-state index in [9.17, 15) is 24.2 Å². The minimum absolute atomic E-state index is 0.0326. The van der Waals surface area contributed by atoms with E-state index in [0.29, 0.717) is 0 Å². The molecule has 0 saturated carbocycles. The van der Waals surface area contributed by atoms with Gasteiger partial charge in [-0.05, 0) is 29.7 Å². The summed E-state index contributed by atoms with van der Waals surface area (Å²) in [6, 6.07) is 7.90. The number of halogens is 1. The Morgan fingerprint density at radius 3 is 2.43 bits per heavy atom. The Bertz CT molecular complexity index is 915. The van der Waals surface area contributed by atoms with E-state index in [4.69, 9.17) is 0 Å².